The van der Waals surface area contributed by atoms with Crippen molar-refractivity contribution in [1.82, 2.24) is 4.72 Å². The van der Waals surface area contributed by atoms with E-state index in [4.69, 9.17) is 0 Å². The van der Waals surface area contributed by atoms with Gasteiger partial charge in [-0.25, -0.2) is 13.1 Å². The molecule has 6 nitrogen and oxygen atoms in total. The first-order valence-corrected chi connectivity index (χ1v) is 9.64. The highest BCUT2D eigenvalue weighted by Crippen LogP contribution is 2.14. The average molecular weight is 374 g/mol. The van der Waals surface area contributed by atoms with Gasteiger partial charge in [-0.15, -0.1) is 0 Å². The summed E-state index contributed by atoms with van der Waals surface area (Å²) in [5.41, 5.74) is 3.07. The summed E-state index contributed by atoms with van der Waals surface area (Å²) in [4.78, 5) is 23.4. The van der Waals surface area contributed by atoms with E-state index in [2.05, 4.69) is 10.0 Å². The highest BCUT2D eigenvalue weighted by Gasteiger charge is 2.15. The van der Waals surface area contributed by atoms with Gasteiger partial charge in [0.25, 0.3) is 0 Å². The van der Waals surface area contributed by atoms with Crippen LogP contribution in [0.4, 0.5) is 5.69 Å². The first-order valence-electron chi connectivity index (χ1n) is 8.16. The molecule has 0 aromatic heterocycles. The molecular formula is C19H22N2O4S. The highest BCUT2D eigenvalue weighted by molar-refractivity contribution is 7.89. The van der Waals surface area contributed by atoms with Crippen LogP contribution in [0.2, 0.25) is 0 Å². The second-order valence-electron chi connectivity index (χ2n) is 6.16. The summed E-state index contributed by atoms with van der Waals surface area (Å²) in [6.45, 7) is 5.21. The zero-order valence-electron chi connectivity index (χ0n) is 15.0. The van der Waals surface area contributed by atoms with Crippen LogP contribution in [-0.2, 0) is 14.8 Å². The Morgan fingerprint density at radius 2 is 1.65 bits per heavy atom. The van der Waals surface area contributed by atoms with E-state index in [1.54, 1.807) is 6.07 Å². The zero-order valence-corrected chi connectivity index (χ0v) is 15.8. The molecule has 2 aromatic rings. The minimum atomic E-state index is -3.78. The van der Waals surface area contributed by atoms with Crippen molar-refractivity contribution in [2.45, 2.75) is 32.1 Å². The van der Waals surface area contributed by atoms with E-state index in [0.29, 0.717) is 11.3 Å². The average Bonchev–Trinajstić information content (AvgIpc) is 2.53. The quantitative estimate of drug-likeness (QED) is 0.729. The SMILES string of the molecule is CC(=O)c1cccc(S(=O)(=O)NCCC(=O)Nc2cc(C)cc(C)c2)c1. The fourth-order valence-corrected chi connectivity index (χ4v) is 3.61. The minimum Gasteiger partial charge on any atom is -0.326 e. The summed E-state index contributed by atoms with van der Waals surface area (Å²) < 4.78 is 26.9. The molecule has 0 atom stereocenters. The van der Waals surface area contributed by atoms with Crippen molar-refractivity contribution in [3.8, 4) is 0 Å². The molecule has 2 rings (SSSR count). The second-order valence-corrected chi connectivity index (χ2v) is 7.92. The van der Waals surface area contributed by atoms with Crippen LogP contribution in [0.15, 0.2) is 47.4 Å². The number of amides is 1. The van der Waals surface area contributed by atoms with Crippen molar-refractivity contribution in [3.05, 3.63) is 59.2 Å². The topological polar surface area (TPSA) is 92.3 Å². The third kappa shape index (κ3) is 5.50. The molecule has 0 spiro atoms. The summed E-state index contributed by atoms with van der Waals surface area (Å²) in [6.07, 6.45) is -0.00137. The Labute approximate surface area is 153 Å². The van der Waals surface area contributed by atoms with Gasteiger partial charge in [-0.1, -0.05) is 18.2 Å². The number of hydrogen-bond donors (Lipinski definition) is 2. The summed E-state index contributed by atoms with van der Waals surface area (Å²) in [7, 11) is -3.78. The number of ketones is 1. The predicted octanol–water partition coefficient (Wildman–Crippen LogP) is 2.81. The van der Waals surface area contributed by atoms with Gasteiger partial charge in [-0.2, -0.15) is 0 Å². The lowest BCUT2D eigenvalue weighted by Gasteiger charge is -2.09. The van der Waals surface area contributed by atoms with Gasteiger partial charge in [0, 0.05) is 24.2 Å². The second kappa shape index (κ2) is 8.25. The number of aryl methyl sites for hydroxylation is 2. The number of nitrogens with one attached hydrogen (secondary N) is 2. The Bertz CT molecular complexity index is 916. The molecule has 2 aromatic carbocycles. The van der Waals surface area contributed by atoms with Crippen LogP contribution >= 0.6 is 0 Å². The largest absolute Gasteiger partial charge is 0.326 e. The number of Topliss-reactive ketones (excluding diaryl/α,β-unsaturated/α-hetero) is 1. The van der Waals surface area contributed by atoms with Gasteiger partial charge in [0.05, 0.1) is 4.90 Å². The van der Waals surface area contributed by atoms with Gasteiger partial charge in [-0.05, 0) is 56.2 Å². The summed E-state index contributed by atoms with van der Waals surface area (Å²) in [6, 6.07) is 11.5. The van der Waals surface area contributed by atoms with Gasteiger partial charge >= 0.3 is 0 Å². The van der Waals surface area contributed by atoms with Crippen molar-refractivity contribution in [1.29, 1.82) is 0 Å². The molecule has 2 N–H and O–H groups in total. The van der Waals surface area contributed by atoms with Crippen LogP contribution in [0, 0.1) is 13.8 Å². The molecule has 138 valence electrons. The normalized spacial score (nSPS) is 11.2. The third-order valence-electron chi connectivity index (χ3n) is 3.70. The molecule has 26 heavy (non-hydrogen) atoms. The van der Waals surface area contributed by atoms with Gasteiger partial charge in [0.2, 0.25) is 15.9 Å². The van der Waals surface area contributed by atoms with E-state index < -0.39 is 10.0 Å². The summed E-state index contributed by atoms with van der Waals surface area (Å²) >= 11 is 0. The number of carbonyl (C=O) groups is 2. The Morgan fingerprint density at radius 1 is 1.00 bits per heavy atom. The van der Waals surface area contributed by atoms with Gasteiger partial charge in [0.1, 0.15) is 0 Å². The number of carbonyl (C=O) groups excluding carboxylic acids is 2. The Kier molecular flexibility index (Phi) is 6.28. The fourth-order valence-electron chi connectivity index (χ4n) is 2.53. The molecule has 7 heteroatoms. The van der Waals surface area contributed by atoms with Gasteiger partial charge in [0.15, 0.2) is 5.78 Å². The molecule has 0 bridgehead atoms. The van der Waals surface area contributed by atoms with Crippen molar-refractivity contribution >= 4 is 27.4 Å². The van der Waals surface area contributed by atoms with Crippen LogP contribution in [-0.4, -0.2) is 26.7 Å². The van der Waals surface area contributed by atoms with E-state index in [0.717, 1.165) is 11.1 Å². The molecule has 0 aliphatic carbocycles. The number of hydrogen-bond acceptors (Lipinski definition) is 4. The molecule has 0 unspecified atom stereocenters. The van der Waals surface area contributed by atoms with Gasteiger partial charge in [-0.3, -0.25) is 9.59 Å². The maximum Gasteiger partial charge on any atom is 0.240 e. The lowest BCUT2D eigenvalue weighted by atomic mass is 10.1. The standard InChI is InChI=1S/C19H22N2O4S/c1-13-9-14(2)11-17(10-13)21-19(23)7-8-20-26(24,25)18-6-4-5-16(12-18)15(3)22/h4-6,9-12,20H,7-8H2,1-3H3,(H,21,23). The lowest BCUT2D eigenvalue weighted by Crippen LogP contribution is -2.28. The van der Waals surface area contributed by atoms with Crippen molar-refractivity contribution in [2.75, 3.05) is 11.9 Å². The van der Waals surface area contributed by atoms with Crippen molar-refractivity contribution < 1.29 is 18.0 Å². The van der Waals surface area contributed by atoms with Crippen LogP contribution in [0.5, 0.6) is 0 Å². The van der Waals surface area contributed by atoms with E-state index in [1.807, 2.05) is 32.0 Å². The third-order valence-corrected chi connectivity index (χ3v) is 5.16. The van der Waals surface area contributed by atoms with Crippen LogP contribution in [0.25, 0.3) is 0 Å². The molecule has 0 heterocycles. The maximum atomic E-state index is 12.3. The predicted molar refractivity (Wildman–Crippen MR) is 101 cm³/mol. The Morgan fingerprint density at radius 3 is 2.27 bits per heavy atom. The molecule has 0 aliphatic heterocycles. The number of benzene rings is 2. The van der Waals surface area contributed by atoms with Crippen molar-refractivity contribution in [2.24, 2.45) is 0 Å². The molecule has 0 fully saturated rings. The molecule has 0 saturated carbocycles. The lowest BCUT2D eigenvalue weighted by molar-refractivity contribution is -0.116. The minimum absolute atomic E-state index is 0.0000767. The molecule has 0 saturated heterocycles. The number of rotatable bonds is 7. The highest BCUT2D eigenvalue weighted by atomic mass is 32.2. The van der Waals surface area contributed by atoms with E-state index >= 15 is 0 Å². The number of anilines is 1. The summed E-state index contributed by atoms with van der Waals surface area (Å²) in [5, 5.41) is 2.76. The zero-order chi connectivity index (χ0) is 19.3. The van der Waals surface area contributed by atoms with Gasteiger partial charge < -0.3 is 5.32 Å². The Balaban J connectivity index is 1.94. The van der Waals surface area contributed by atoms with Crippen molar-refractivity contribution in [3.63, 3.8) is 0 Å². The first-order chi connectivity index (χ1) is 12.2. The maximum absolute atomic E-state index is 12.3. The fraction of sp³-hybridized carbons (Fsp3) is 0.263. The van der Waals surface area contributed by atoms with E-state index in [9.17, 15) is 18.0 Å². The molecular weight excluding hydrogens is 352 g/mol. The molecule has 0 radical (unpaired) electrons. The summed E-state index contributed by atoms with van der Waals surface area (Å²) in [5.74, 6) is -0.495. The van der Waals surface area contributed by atoms with E-state index in [1.165, 1.54) is 25.1 Å². The van der Waals surface area contributed by atoms with Crippen LogP contribution in [0.1, 0.15) is 34.8 Å². The van der Waals surface area contributed by atoms with Crippen LogP contribution in [0.3, 0.4) is 0 Å². The Hall–Kier alpha value is -2.51. The van der Waals surface area contributed by atoms with Crippen LogP contribution < -0.4 is 10.0 Å². The molecule has 0 aliphatic rings. The van der Waals surface area contributed by atoms with E-state index in [-0.39, 0.29) is 29.6 Å². The monoisotopic (exact) mass is 374 g/mol. The first kappa shape index (κ1) is 19.8. The molecule has 1 amide bonds. The number of sulfonamides is 1. The smallest absolute Gasteiger partial charge is 0.240 e.